The van der Waals surface area contributed by atoms with E-state index < -0.39 is 0 Å². The number of aromatic nitrogens is 2. The first kappa shape index (κ1) is 17.7. The molecule has 0 aliphatic carbocycles. The summed E-state index contributed by atoms with van der Waals surface area (Å²) in [7, 11) is 0. The molecule has 0 unspecified atom stereocenters. The lowest BCUT2D eigenvalue weighted by Gasteiger charge is -2.34. The summed E-state index contributed by atoms with van der Waals surface area (Å²) in [5.74, 6) is 0.276. The lowest BCUT2D eigenvalue weighted by Crippen LogP contribution is -2.48. The summed E-state index contributed by atoms with van der Waals surface area (Å²) in [6, 6.07) is 10.2. The van der Waals surface area contributed by atoms with Crippen molar-refractivity contribution in [2.45, 2.75) is 39.8 Å². The molecule has 25 heavy (non-hydrogen) atoms. The summed E-state index contributed by atoms with van der Waals surface area (Å²) < 4.78 is 1.99. The van der Waals surface area contributed by atoms with E-state index in [-0.39, 0.29) is 5.91 Å². The van der Waals surface area contributed by atoms with Gasteiger partial charge >= 0.3 is 0 Å². The number of rotatable bonds is 6. The van der Waals surface area contributed by atoms with E-state index >= 15 is 0 Å². The van der Waals surface area contributed by atoms with Crippen LogP contribution in [0, 0.1) is 6.92 Å². The lowest BCUT2D eigenvalue weighted by atomic mass is 10.1. The Labute approximate surface area is 150 Å². The van der Waals surface area contributed by atoms with Gasteiger partial charge in [0.25, 0.3) is 0 Å². The summed E-state index contributed by atoms with van der Waals surface area (Å²) in [6.07, 6.45) is 3.58. The van der Waals surface area contributed by atoms with Gasteiger partial charge < -0.3 is 4.90 Å². The quantitative estimate of drug-likeness (QED) is 0.811. The van der Waals surface area contributed by atoms with Gasteiger partial charge in [0, 0.05) is 57.4 Å². The van der Waals surface area contributed by atoms with Crippen LogP contribution in [0.1, 0.15) is 30.2 Å². The van der Waals surface area contributed by atoms with Crippen LogP contribution in [0.4, 0.5) is 0 Å². The van der Waals surface area contributed by atoms with Crippen LogP contribution in [0.5, 0.6) is 0 Å². The molecule has 1 aliphatic rings. The van der Waals surface area contributed by atoms with E-state index in [0.717, 1.165) is 51.4 Å². The third-order valence-electron chi connectivity index (χ3n) is 4.96. The number of benzene rings is 1. The molecule has 2 aromatic rings. The van der Waals surface area contributed by atoms with Crippen molar-refractivity contribution in [3.8, 4) is 0 Å². The van der Waals surface area contributed by atoms with Crippen molar-refractivity contribution in [1.82, 2.24) is 19.6 Å². The number of amides is 1. The van der Waals surface area contributed by atoms with Crippen LogP contribution in [0.3, 0.4) is 0 Å². The molecule has 0 saturated carbocycles. The van der Waals surface area contributed by atoms with Crippen molar-refractivity contribution in [2.75, 3.05) is 26.2 Å². The van der Waals surface area contributed by atoms with Crippen molar-refractivity contribution in [3.63, 3.8) is 0 Å². The smallest absolute Gasteiger partial charge is 0.222 e. The van der Waals surface area contributed by atoms with Crippen LogP contribution < -0.4 is 0 Å². The van der Waals surface area contributed by atoms with E-state index in [9.17, 15) is 4.79 Å². The van der Waals surface area contributed by atoms with Crippen molar-refractivity contribution in [2.24, 2.45) is 0 Å². The summed E-state index contributed by atoms with van der Waals surface area (Å²) in [5.41, 5.74) is 3.65. The van der Waals surface area contributed by atoms with E-state index in [4.69, 9.17) is 0 Å². The van der Waals surface area contributed by atoms with Gasteiger partial charge in [-0.05, 0) is 25.8 Å². The van der Waals surface area contributed by atoms with E-state index in [2.05, 4.69) is 42.2 Å². The van der Waals surface area contributed by atoms with Gasteiger partial charge in [-0.2, -0.15) is 5.10 Å². The minimum atomic E-state index is 0.276. The highest BCUT2D eigenvalue weighted by Gasteiger charge is 2.21. The van der Waals surface area contributed by atoms with Crippen LogP contribution in [0.25, 0.3) is 0 Å². The Morgan fingerprint density at radius 3 is 2.48 bits per heavy atom. The fourth-order valence-corrected chi connectivity index (χ4v) is 3.33. The van der Waals surface area contributed by atoms with Crippen molar-refractivity contribution < 1.29 is 4.79 Å². The lowest BCUT2D eigenvalue weighted by molar-refractivity contribution is -0.133. The van der Waals surface area contributed by atoms with E-state index in [1.54, 1.807) is 0 Å². The normalized spacial score (nSPS) is 15.5. The zero-order valence-electron chi connectivity index (χ0n) is 15.3. The second-order valence-electron chi connectivity index (χ2n) is 6.74. The fraction of sp³-hybridized carbons (Fsp3) is 0.500. The maximum Gasteiger partial charge on any atom is 0.222 e. The number of carbonyl (C=O) groups excluding carboxylic acids is 1. The third-order valence-corrected chi connectivity index (χ3v) is 4.96. The molecule has 1 aromatic heterocycles. The topological polar surface area (TPSA) is 41.4 Å². The second kappa shape index (κ2) is 8.30. The number of hydrogen-bond acceptors (Lipinski definition) is 3. The first-order valence-corrected chi connectivity index (χ1v) is 9.22. The van der Waals surface area contributed by atoms with Crippen LogP contribution in [-0.4, -0.2) is 51.7 Å². The van der Waals surface area contributed by atoms with Crippen molar-refractivity contribution in [1.29, 1.82) is 0 Å². The molecule has 134 valence electrons. The zero-order chi connectivity index (χ0) is 17.6. The molecule has 1 fully saturated rings. The standard InChI is InChI=1S/C20H28N4O/c1-3-24-16-19(17(2)21-24)15-22-11-13-23(14-12-22)20(25)10-9-18-7-5-4-6-8-18/h4-8,16H,3,9-15H2,1-2H3. The number of piperazine rings is 1. The summed E-state index contributed by atoms with van der Waals surface area (Å²) in [4.78, 5) is 16.9. The Morgan fingerprint density at radius 2 is 1.84 bits per heavy atom. The third kappa shape index (κ3) is 4.69. The zero-order valence-corrected chi connectivity index (χ0v) is 15.3. The fourth-order valence-electron chi connectivity index (χ4n) is 3.33. The van der Waals surface area contributed by atoms with Crippen LogP contribution in [-0.2, 0) is 24.3 Å². The average Bonchev–Trinajstić information content (AvgIpc) is 3.01. The van der Waals surface area contributed by atoms with Crippen molar-refractivity contribution in [3.05, 3.63) is 53.3 Å². The Balaban J connectivity index is 1.44. The Morgan fingerprint density at radius 1 is 1.12 bits per heavy atom. The predicted octanol–water partition coefficient (Wildman–Crippen LogP) is 2.49. The highest BCUT2D eigenvalue weighted by molar-refractivity contribution is 5.76. The molecule has 1 saturated heterocycles. The molecule has 1 amide bonds. The summed E-state index contributed by atoms with van der Waals surface area (Å²) in [6.45, 7) is 9.55. The molecular formula is C20H28N4O. The Bertz CT molecular complexity index is 687. The number of nitrogens with zero attached hydrogens (tertiary/aromatic N) is 4. The van der Waals surface area contributed by atoms with Gasteiger partial charge in [-0.3, -0.25) is 14.4 Å². The highest BCUT2D eigenvalue weighted by atomic mass is 16.2. The molecule has 2 heterocycles. The summed E-state index contributed by atoms with van der Waals surface area (Å²) >= 11 is 0. The second-order valence-corrected chi connectivity index (χ2v) is 6.74. The van der Waals surface area contributed by atoms with E-state index in [1.165, 1.54) is 11.1 Å². The minimum absolute atomic E-state index is 0.276. The number of carbonyl (C=O) groups is 1. The van der Waals surface area contributed by atoms with Gasteiger partial charge in [0.1, 0.15) is 0 Å². The summed E-state index contributed by atoms with van der Waals surface area (Å²) in [5, 5.41) is 4.52. The van der Waals surface area contributed by atoms with Crippen LogP contribution in [0.15, 0.2) is 36.5 Å². The number of aryl methyl sites for hydroxylation is 3. The molecule has 0 spiro atoms. The molecule has 5 heteroatoms. The van der Waals surface area contributed by atoms with Gasteiger partial charge in [-0.15, -0.1) is 0 Å². The molecule has 5 nitrogen and oxygen atoms in total. The maximum absolute atomic E-state index is 12.4. The van der Waals surface area contributed by atoms with Gasteiger partial charge in [-0.25, -0.2) is 0 Å². The molecule has 0 radical (unpaired) electrons. The van der Waals surface area contributed by atoms with E-state index in [0.29, 0.717) is 6.42 Å². The largest absolute Gasteiger partial charge is 0.340 e. The molecule has 0 bridgehead atoms. The molecule has 0 N–H and O–H groups in total. The number of hydrogen-bond donors (Lipinski definition) is 0. The molecule has 1 aromatic carbocycles. The van der Waals surface area contributed by atoms with Crippen LogP contribution in [0.2, 0.25) is 0 Å². The van der Waals surface area contributed by atoms with E-state index in [1.807, 2.05) is 27.8 Å². The minimum Gasteiger partial charge on any atom is -0.340 e. The van der Waals surface area contributed by atoms with Gasteiger partial charge in [0.2, 0.25) is 5.91 Å². The Kier molecular flexibility index (Phi) is 5.87. The predicted molar refractivity (Wildman–Crippen MR) is 99.3 cm³/mol. The first-order chi connectivity index (χ1) is 12.2. The molecule has 0 atom stereocenters. The first-order valence-electron chi connectivity index (χ1n) is 9.22. The van der Waals surface area contributed by atoms with Crippen LogP contribution >= 0.6 is 0 Å². The monoisotopic (exact) mass is 340 g/mol. The Hall–Kier alpha value is -2.14. The molecule has 3 rings (SSSR count). The van der Waals surface area contributed by atoms with Gasteiger partial charge in [-0.1, -0.05) is 30.3 Å². The molecular weight excluding hydrogens is 312 g/mol. The van der Waals surface area contributed by atoms with Gasteiger partial charge in [0.15, 0.2) is 0 Å². The van der Waals surface area contributed by atoms with Gasteiger partial charge in [0.05, 0.1) is 5.69 Å². The van der Waals surface area contributed by atoms with Crippen molar-refractivity contribution >= 4 is 5.91 Å². The molecule has 1 aliphatic heterocycles. The maximum atomic E-state index is 12.4. The highest BCUT2D eigenvalue weighted by Crippen LogP contribution is 2.13. The SMILES string of the molecule is CCn1cc(CN2CCN(C(=O)CCc3ccccc3)CC2)c(C)n1. The average molecular weight is 340 g/mol.